The highest BCUT2D eigenvalue weighted by atomic mass is 32.2. The van der Waals surface area contributed by atoms with E-state index >= 15 is 0 Å². The summed E-state index contributed by atoms with van der Waals surface area (Å²) in [5.41, 5.74) is 3.77. The molecule has 1 heterocycles. The van der Waals surface area contributed by atoms with Gasteiger partial charge >= 0.3 is 0 Å². The number of carbonyl (C=O) groups is 1. The lowest BCUT2D eigenvalue weighted by atomic mass is 9.46. The van der Waals surface area contributed by atoms with E-state index < -0.39 is 0 Å². The Balaban J connectivity index is 1.47. The van der Waals surface area contributed by atoms with Gasteiger partial charge in [0.05, 0.1) is 16.2 Å². The van der Waals surface area contributed by atoms with Crippen LogP contribution in [0.25, 0.3) is 10.9 Å². The van der Waals surface area contributed by atoms with Gasteiger partial charge in [0.1, 0.15) is 5.82 Å². The Hall–Kier alpha value is -1.82. The molecular formula is C24H33N3O2S. The molecule has 3 fully saturated rings. The highest BCUT2D eigenvalue weighted by Crippen LogP contribution is 2.61. The van der Waals surface area contributed by atoms with Crippen LogP contribution in [0.1, 0.15) is 65.6 Å². The Morgan fingerprint density at radius 1 is 1.27 bits per heavy atom. The number of hydrogen-bond acceptors (Lipinski definition) is 4. The number of benzene rings is 1. The molecule has 30 heavy (non-hydrogen) atoms. The first kappa shape index (κ1) is 21.4. The van der Waals surface area contributed by atoms with Gasteiger partial charge in [0, 0.05) is 5.92 Å². The molecule has 1 aromatic heterocycles. The Morgan fingerprint density at radius 2 is 2.00 bits per heavy atom. The largest absolute Gasteiger partial charge is 0.280 e. The fraction of sp³-hybridized carbons (Fsp3) is 0.625. The van der Waals surface area contributed by atoms with Crippen LogP contribution in [-0.4, -0.2) is 26.6 Å². The van der Waals surface area contributed by atoms with Crippen molar-refractivity contribution < 1.29 is 4.79 Å². The fourth-order valence-corrected chi connectivity index (χ4v) is 6.49. The lowest BCUT2D eigenvalue weighted by Crippen LogP contribution is -2.53. The molecule has 3 saturated carbocycles. The molecule has 5 rings (SSSR count). The number of fused-ring (bicyclic) bond motifs is 3. The summed E-state index contributed by atoms with van der Waals surface area (Å²) in [7, 11) is 0. The molecule has 1 amide bonds. The van der Waals surface area contributed by atoms with E-state index in [4.69, 9.17) is 0 Å². The molecule has 4 atom stereocenters. The second-order valence-electron chi connectivity index (χ2n) is 9.93. The van der Waals surface area contributed by atoms with Gasteiger partial charge < -0.3 is 0 Å². The maximum atomic E-state index is 13.0. The van der Waals surface area contributed by atoms with Crippen molar-refractivity contribution in [3.63, 3.8) is 0 Å². The standard InChI is InChI=1S/C24H33N3O2S/c1-14(2)21-25-20-9-7-6-8-18(20)23(29)27(21)26-22(28)15(3)30-13-16-10-11-17-12-19(16)24(17,4)5/h6-9,14-17,19H,10-13H2,1-5H3,(H,26,28)/t15?,16-,17-,19-/m0/s1. The van der Waals surface area contributed by atoms with E-state index in [0.29, 0.717) is 28.1 Å². The lowest BCUT2D eigenvalue weighted by Gasteiger charge is -2.60. The summed E-state index contributed by atoms with van der Waals surface area (Å²) < 4.78 is 1.35. The maximum absolute atomic E-state index is 13.0. The van der Waals surface area contributed by atoms with Crippen LogP contribution in [0.3, 0.4) is 0 Å². The average Bonchev–Trinajstić information content (AvgIpc) is 2.73. The number of thioether (sulfide) groups is 1. The van der Waals surface area contributed by atoms with Gasteiger partial charge in [0.15, 0.2) is 0 Å². The Morgan fingerprint density at radius 3 is 2.67 bits per heavy atom. The molecule has 0 radical (unpaired) electrons. The van der Waals surface area contributed by atoms with Gasteiger partial charge in [0.25, 0.3) is 11.5 Å². The van der Waals surface area contributed by atoms with Crippen molar-refractivity contribution in [2.24, 2.45) is 23.2 Å². The van der Waals surface area contributed by atoms with Gasteiger partial charge in [-0.2, -0.15) is 0 Å². The third-order valence-electron chi connectivity index (χ3n) is 7.47. The Bertz CT molecular complexity index is 1010. The number of hydrogen-bond donors (Lipinski definition) is 1. The summed E-state index contributed by atoms with van der Waals surface area (Å²) in [6.45, 7) is 10.7. The first-order valence-corrected chi connectivity index (χ1v) is 12.2. The molecule has 2 aromatic rings. The zero-order chi connectivity index (χ0) is 21.6. The Kier molecular flexibility index (Phi) is 5.73. The summed E-state index contributed by atoms with van der Waals surface area (Å²) in [5.74, 6) is 3.85. The van der Waals surface area contributed by atoms with Crippen LogP contribution in [0.15, 0.2) is 29.1 Å². The molecule has 1 unspecified atom stereocenters. The third-order valence-corrected chi connectivity index (χ3v) is 8.81. The summed E-state index contributed by atoms with van der Waals surface area (Å²) in [6.07, 6.45) is 3.96. The van der Waals surface area contributed by atoms with Crippen LogP contribution in [0, 0.1) is 23.2 Å². The zero-order valence-corrected chi connectivity index (χ0v) is 19.5. The van der Waals surface area contributed by atoms with Crippen LogP contribution in [0.5, 0.6) is 0 Å². The molecule has 0 spiro atoms. The Labute approximate surface area is 183 Å². The van der Waals surface area contributed by atoms with E-state index in [-0.39, 0.29) is 22.6 Å². The highest BCUT2D eigenvalue weighted by Gasteiger charge is 2.53. The molecule has 1 N–H and O–H groups in total. The maximum Gasteiger partial charge on any atom is 0.280 e. The molecule has 0 aliphatic heterocycles. The van der Waals surface area contributed by atoms with Crippen LogP contribution < -0.4 is 11.0 Å². The van der Waals surface area contributed by atoms with Gasteiger partial charge in [-0.25, -0.2) is 9.66 Å². The van der Waals surface area contributed by atoms with Crippen LogP contribution in [-0.2, 0) is 4.79 Å². The minimum absolute atomic E-state index is 0.0154. The predicted octanol–water partition coefficient (Wildman–Crippen LogP) is 4.78. The zero-order valence-electron chi connectivity index (χ0n) is 18.6. The van der Waals surface area contributed by atoms with E-state index in [0.717, 1.165) is 17.6 Å². The highest BCUT2D eigenvalue weighted by molar-refractivity contribution is 8.00. The van der Waals surface area contributed by atoms with Gasteiger partial charge in [-0.3, -0.25) is 15.0 Å². The van der Waals surface area contributed by atoms with Crippen molar-refractivity contribution in [1.82, 2.24) is 9.66 Å². The lowest BCUT2D eigenvalue weighted by molar-refractivity contribution is -0.116. The van der Waals surface area contributed by atoms with Crippen molar-refractivity contribution in [1.29, 1.82) is 0 Å². The van der Waals surface area contributed by atoms with Gasteiger partial charge in [-0.1, -0.05) is 39.8 Å². The van der Waals surface area contributed by atoms with Gasteiger partial charge in [-0.05, 0) is 67.2 Å². The predicted molar refractivity (Wildman–Crippen MR) is 124 cm³/mol. The summed E-state index contributed by atoms with van der Waals surface area (Å²) in [4.78, 5) is 30.6. The number of nitrogens with one attached hydrogen (secondary N) is 1. The van der Waals surface area contributed by atoms with Crippen LogP contribution >= 0.6 is 11.8 Å². The minimum atomic E-state index is -0.218. The van der Waals surface area contributed by atoms with Crippen molar-refractivity contribution in [2.75, 3.05) is 11.2 Å². The van der Waals surface area contributed by atoms with Crippen molar-refractivity contribution in [3.05, 3.63) is 40.4 Å². The second-order valence-corrected chi connectivity index (χ2v) is 11.3. The minimum Gasteiger partial charge on any atom is -0.272 e. The second kappa shape index (κ2) is 8.03. The third kappa shape index (κ3) is 3.68. The average molecular weight is 428 g/mol. The summed E-state index contributed by atoms with van der Waals surface area (Å²) >= 11 is 1.72. The van der Waals surface area contributed by atoms with Gasteiger partial charge in [0.2, 0.25) is 0 Å². The number of para-hydroxylation sites is 1. The number of carbonyl (C=O) groups excluding carboxylic acids is 1. The topological polar surface area (TPSA) is 64.0 Å². The molecule has 162 valence electrons. The van der Waals surface area contributed by atoms with Crippen molar-refractivity contribution in [2.45, 2.75) is 65.0 Å². The molecule has 5 nitrogen and oxygen atoms in total. The first-order valence-electron chi connectivity index (χ1n) is 11.1. The molecule has 2 bridgehead atoms. The van der Waals surface area contributed by atoms with E-state index in [1.54, 1.807) is 17.8 Å². The number of amides is 1. The van der Waals surface area contributed by atoms with E-state index in [2.05, 4.69) is 24.3 Å². The molecule has 0 saturated heterocycles. The quantitative estimate of drug-likeness (QED) is 0.720. The summed E-state index contributed by atoms with van der Waals surface area (Å²) in [6, 6.07) is 7.29. The SMILES string of the molecule is CC(SC[C@@H]1CC[C@H]2C[C@@H]1C2(C)C)C(=O)Nn1c(C(C)C)nc2ccccc2c1=O. The van der Waals surface area contributed by atoms with E-state index in [9.17, 15) is 9.59 Å². The molecular weight excluding hydrogens is 394 g/mol. The molecule has 3 aliphatic rings. The molecule has 3 aliphatic carbocycles. The monoisotopic (exact) mass is 427 g/mol. The number of rotatable bonds is 6. The molecule has 1 aromatic carbocycles. The van der Waals surface area contributed by atoms with Crippen molar-refractivity contribution >= 4 is 28.6 Å². The van der Waals surface area contributed by atoms with Crippen LogP contribution in [0.2, 0.25) is 0 Å². The number of nitrogens with zero attached hydrogens (tertiary/aromatic N) is 2. The number of aromatic nitrogens is 2. The molecule has 6 heteroatoms. The smallest absolute Gasteiger partial charge is 0.272 e. The van der Waals surface area contributed by atoms with Gasteiger partial charge in [-0.15, -0.1) is 11.8 Å². The first-order chi connectivity index (χ1) is 14.2. The fourth-order valence-electron chi connectivity index (χ4n) is 5.35. The normalized spacial score (nSPS) is 25.7. The van der Waals surface area contributed by atoms with Crippen LogP contribution in [0.4, 0.5) is 0 Å². The van der Waals surface area contributed by atoms with E-state index in [1.165, 1.54) is 23.9 Å². The van der Waals surface area contributed by atoms with E-state index in [1.807, 2.05) is 39.0 Å². The summed E-state index contributed by atoms with van der Waals surface area (Å²) in [5, 5.41) is 0.302. The van der Waals surface area contributed by atoms with Crippen molar-refractivity contribution in [3.8, 4) is 0 Å².